The normalized spacial score (nSPS) is 11.4. The van der Waals surface area contributed by atoms with E-state index >= 15 is 0 Å². The Hall–Kier alpha value is -5.59. The van der Waals surface area contributed by atoms with E-state index in [0.717, 1.165) is 61.3 Å². The van der Waals surface area contributed by atoms with E-state index in [1.807, 2.05) is 60.8 Å². The first-order valence-electron chi connectivity index (χ1n) is 18.2. The number of hydrogen-bond donors (Lipinski definition) is 0. The third-order valence-corrected chi connectivity index (χ3v) is 14.2. The van der Waals surface area contributed by atoms with Gasteiger partial charge < -0.3 is 8.98 Å². The van der Waals surface area contributed by atoms with Crippen molar-refractivity contribution in [2.24, 2.45) is 0 Å². The maximum absolute atomic E-state index is 6.39. The first-order chi connectivity index (χ1) is 26.4. The fourth-order valence-corrected chi connectivity index (χ4v) is 9.20. The van der Waals surface area contributed by atoms with Crippen molar-refractivity contribution in [2.45, 2.75) is 17.3 Å². The Kier molecular flexibility index (Phi) is 10.1. The third-order valence-electron chi connectivity index (χ3n) is 9.93. The summed E-state index contributed by atoms with van der Waals surface area (Å²) in [6, 6.07) is 63.1. The van der Waals surface area contributed by atoms with Crippen LogP contribution in [0.5, 0.6) is 0 Å². The van der Waals surface area contributed by atoms with Gasteiger partial charge in [-0.25, -0.2) is 0 Å². The molecule has 4 nitrogen and oxygen atoms in total. The Morgan fingerprint density at radius 2 is 1.33 bits per heavy atom. The molecule has 0 unspecified atom stereocenters. The second kappa shape index (κ2) is 15.3. The molecule has 0 fully saturated rings. The molecule has 3 heterocycles. The average Bonchev–Trinajstić information content (AvgIpc) is 3.79. The van der Waals surface area contributed by atoms with E-state index in [9.17, 15) is 0 Å². The van der Waals surface area contributed by atoms with E-state index < -0.39 is 13.3 Å². The number of aromatic nitrogens is 3. The van der Waals surface area contributed by atoms with E-state index in [0.29, 0.717) is 0 Å². The molecule has 1 radical (unpaired) electrons. The summed E-state index contributed by atoms with van der Waals surface area (Å²) < 4.78 is 10.1. The second-order valence-electron chi connectivity index (χ2n) is 14.5. The van der Waals surface area contributed by atoms with Gasteiger partial charge in [-0.15, -0.1) is 18.2 Å². The molecular formula is C49H37GeIrN3O-2. The number of furan rings is 1. The van der Waals surface area contributed by atoms with Crippen molar-refractivity contribution in [3.05, 3.63) is 182 Å². The zero-order chi connectivity index (χ0) is 36.6. The number of imidazole rings is 1. The van der Waals surface area contributed by atoms with Gasteiger partial charge in [0.15, 0.2) is 0 Å². The molecule has 269 valence electrons. The largest absolute Gasteiger partial charge is 0.501 e. The summed E-state index contributed by atoms with van der Waals surface area (Å²) in [5.74, 6) is 7.95. The number of nitrogens with zero attached hydrogens (tertiary/aromatic N) is 3. The van der Waals surface area contributed by atoms with Crippen LogP contribution in [-0.4, -0.2) is 27.8 Å². The summed E-state index contributed by atoms with van der Waals surface area (Å²) in [6.45, 7) is 0. The Labute approximate surface area is 337 Å². The van der Waals surface area contributed by atoms with Crippen molar-refractivity contribution in [2.75, 3.05) is 0 Å². The fraction of sp³-hybridized carbons (Fsp3) is 0.0612. The van der Waals surface area contributed by atoms with Gasteiger partial charge >= 0.3 is 99.8 Å². The summed E-state index contributed by atoms with van der Waals surface area (Å²) >= 11 is -1.72. The van der Waals surface area contributed by atoms with Gasteiger partial charge in [0.25, 0.3) is 0 Å². The molecule has 6 heteroatoms. The Bertz CT molecular complexity index is 2890. The zero-order valence-electron chi connectivity index (χ0n) is 30.7. The molecule has 10 aromatic rings. The molecule has 0 aliphatic carbocycles. The van der Waals surface area contributed by atoms with E-state index in [-0.39, 0.29) is 20.1 Å². The minimum atomic E-state index is -1.72. The fourth-order valence-electron chi connectivity index (χ4n) is 7.03. The quantitative estimate of drug-likeness (QED) is 0.128. The van der Waals surface area contributed by atoms with Crippen LogP contribution in [0.1, 0.15) is 0 Å². The first-order valence-corrected chi connectivity index (χ1v) is 25.6. The van der Waals surface area contributed by atoms with E-state index in [2.05, 4.69) is 148 Å². The van der Waals surface area contributed by atoms with Crippen molar-refractivity contribution < 1.29 is 24.5 Å². The summed E-state index contributed by atoms with van der Waals surface area (Å²) in [6.07, 6.45) is 2.04. The molecule has 55 heavy (non-hydrogen) atoms. The molecule has 0 N–H and O–H groups in total. The first kappa shape index (κ1) is 36.4. The van der Waals surface area contributed by atoms with Crippen LogP contribution < -0.4 is 4.40 Å². The van der Waals surface area contributed by atoms with Gasteiger partial charge in [-0.2, -0.15) is 0 Å². The van der Waals surface area contributed by atoms with Crippen LogP contribution in [0.2, 0.25) is 17.3 Å². The summed E-state index contributed by atoms with van der Waals surface area (Å²) in [7, 11) is 0. The summed E-state index contributed by atoms with van der Waals surface area (Å²) in [4.78, 5) is 9.71. The monoisotopic (exact) mass is 950 g/mol. The van der Waals surface area contributed by atoms with Crippen molar-refractivity contribution in [3.63, 3.8) is 0 Å². The van der Waals surface area contributed by atoms with Crippen LogP contribution in [0.15, 0.2) is 174 Å². The number of rotatable bonds is 5. The van der Waals surface area contributed by atoms with Crippen LogP contribution in [0.3, 0.4) is 0 Å². The molecule has 0 amide bonds. The van der Waals surface area contributed by atoms with E-state index in [4.69, 9.17) is 9.40 Å². The number of pyridine rings is 1. The van der Waals surface area contributed by atoms with Crippen LogP contribution >= 0.6 is 0 Å². The number of fused-ring (bicyclic) bond motifs is 5. The van der Waals surface area contributed by atoms with Gasteiger partial charge in [0.2, 0.25) is 0 Å². The van der Waals surface area contributed by atoms with Crippen LogP contribution in [0.25, 0.3) is 83.2 Å². The third kappa shape index (κ3) is 7.19. The van der Waals surface area contributed by atoms with Gasteiger partial charge in [0.1, 0.15) is 5.58 Å². The van der Waals surface area contributed by atoms with E-state index in [1.54, 1.807) is 0 Å². The molecule has 0 saturated heterocycles. The van der Waals surface area contributed by atoms with Crippen molar-refractivity contribution in [1.82, 2.24) is 14.5 Å². The minimum absolute atomic E-state index is 0. The van der Waals surface area contributed by atoms with E-state index in [1.165, 1.54) is 26.3 Å². The van der Waals surface area contributed by atoms with Crippen LogP contribution in [-0.2, 0) is 20.1 Å². The van der Waals surface area contributed by atoms with Crippen molar-refractivity contribution in [3.8, 4) is 39.5 Å². The topological polar surface area (TPSA) is 43.9 Å². The standard InChI is InChI=1S/C35H21N2O.C14H16GeN.Ir/c1-2-9-23(10-3-1)24-17-19-27(20-18-24)37-32-22-26-12-5-4-11-25(26)21-31(32)36-35(37)30-15-8-14-29-28-13-6-7-16-33(28)38-34(29)30;1-15(2,3)13-9-10-14(16-11-13)12-7-5-4-6-8-12;/h1-14,16-22H;4-7,9-11H,1-3H3;/q2*-1;. The van der Waals surface area contributed by atoms with Gasteiger partial charge in [0, 0.05) is 31.2 Å². The second-order valence-corrected chi connectivity index (χ2v) is 25.2. The Balaban J connectivity index is 0.000000212. The Morgan fingerprint density at radius 3 is 2.05 bits per heavy atom. The molecule has 7 aromatic carbocycles. The number of hydrogen-bond acceptors (Lipinski definition) is 3. The molecule has 0 aliphatic rings. The van der Waals surface area contributed by atoms with Crippen molar-refractivity contribution >= 4 is 61.4 Å². The average molecular weight is 949 g/mol. The van der Waals surface area contributed by atoms with Crippen molar-refractivity contribution in [1.29, 1.82) is 0 Å². The van der Waals surface area contributed by atoms with Gasteiger partial charge in [-0.1, -0.05) is 95.9 Å². The smallest absolute Gasteiger partial charge is 0.120 e. The van der Waals surface area contributed by atoms with Gasteiger partial charge in [-0.05, 0) is 52.2 Å². The number of benzene rings is 7. The maximum atomic E-state index is 6.39. The SMILES string of the molecule is [CH3][Ge]([CH3])([CH3])[c]1ccc(-c2[c-]cccc2)nc1.[Ir].[c-]1ccc2c(oc3ccccc32)c1-c1nc2cc3ccccc3cc2n1-c1ccc(-c2ccccc2)cc1. The predicted molar refractivity (Wildman–Crippen MR) is 227 cm³/mol. The molecule has 0 spiro atoms. The molecule has 10 rings (SSSR count). The molecule has 0 aliphatic heterocycles. The molecule has 0 bridgehead atoms. The van der Waals surface area contributed by atoms with Gasteiger partial charge in [0.05, 0.1) is 22.4 Å². The molecule has 0 saturated carbocycles. The predicted octanol–water partition coefficient (Wildman–Crippen LogP) is 12.3. The van der Waals surface area contributed by atoms with Crippen LogP contribution in [0, 0.1) is 12.1 Å². The zero-order valence-corrected chi connectivity index (χ0v) is 35.2. The van der Waals surface area contributed by atoms with Crippen LogP contribution in [0.4, 0.5) is 0 Å². The molecule has 3 aromatic heterocycles. The Morgan fingerprint density at radius 1 is 0.618 bits per heavy atom. The minimum Gasteiger partial charge on any atom is -0.501 e. The molecule has 0 atom stereocenters. The molecular weight excluding hydrogens is 911 g/mol. The van der Waals surface area contributed by atoms with Gasteiger partial charge in [-0.3, -0.25) is 4.98 Å². The maximum Gasteiger partial charge on any atom is 0.120 e. The summed E-state index contributed by atoms with van der Waals surface area (Å²) in [5.41, 5.74) is 9.99. The summed E-state index contributed by atoms with van der Waals surface area (Å²) in [5, 5.41) is 4.51. The number of para-hydroxylation sites is 1.